The van der Waals surface area contributed by atoms with Crippen LogP contribution in [-0.4, -0.2) is 68.2 Å². The van der Waals surface area contributed by atoms with E-state index in [1.165, 1.54) is 11.3 Å². The number of nitrogens with zero attached hydrogens (tertiary/aromatic N) is 2. The zero-order valence-corrected chi connectivity index (χ0v) is 14.8. The smallest absolute Gasteiger partial charge is 0.319 e. The van der Waals surface area contributed by atoms with Crippen LogP contribution < -0.4 is 5.32 Å². The average Bonchev–Trinajstić information content (AvgIpc) is 2.97. The maximum atomic E-state index is 12.4. The van der Waals surface area contributed by atoms with Gasteiger partial charge in [-0.05, 0) is 36.8 Å². The fraction of sp³-hybridized carbons (Fsp3) is 0.625. The summed E-state index contributed by atoms with van der Waals surface area (Å²) in [6.45, 7) is 4.26. The SMILES string of the molecule is Cc1ccsc1C(=O)NCCN(C(=O)N(C)C)C1CCOCC1. The van der Waals surface area contributed by atoms with Gasteiger partial charge in [-0.1, -0.05) is 0 Å². The van der Waals surface area contributed by atoms with Gasteiger partial charge in [-0.3, -0.25) is 4.79 Å². The molecule has 2 rings (SSSR count). The first-order valence-corrected chi connectivity index (χ1v) is 8.76. The lowest BCUT2D eigenvalue weighted by molar-refractivity contribution is 0.0415. The van der Waals surface area contributed by atoms with Gasteiger partial charge in [0.2, 0.25) is 0 Å². The van der Waals surface area contributed by atoms with Crippen molar-refractivity contribution in [2.45, 2.75) is 25.8 Å². The minimum atomic E-state index is -0.0678. The summed E-state index contributed by atoms with van der Waals surface area (Å²) >= 11 is 1.44. The molecule has 128 valence electrons. The molecular weight excluding hydrogens is 314 g/mol. The third-order valence-electron chi connectivity index (χ3n) is 3.97. The number of rotatable bonds is 5. The van der Waals surface area contributed by atoms with Gasteiger partial charge in [0.05, 0.1) is 4.88 Å². The van der Waals surface area contributed by atoms with Crippen molar-refractivity contribution in [1.29, 1.82) is 0 Å². The third kappa shape index (κ3) is 4.68. The van der Waals surface area contributed by atoms with Gasteiger partial charge in [-0.2, -0.15) is 0 Å². The van der Waals surface area contributed by atoms with E-state index in [0.717, 1.165) is 23.3 Å². The van der Waals surface area contributed by atoms with Gasteiger partial charge in [-0.25, -0.2) is 4.79 Å². The Bertz CT molecular complexity index is 538. The van der Waals surface area contributed by atoms with Crippen LogP contribution in [0, 0.1) is 6.92 Å². The molecule has 0 saturated carbocycles. The average molecular weight is 339 g/mol. The van der Waals surface area contributed by atoms with Crippen LogP contribution in [0.2, 0.25) is 0 Å². The highest BCUT2D eigenvalue weighted by Crippen LogP contribution is 2.16. The summed E-state index contributed by atoms with van der Waals surface area (Å²) in [5.41, 5.74) is 0.984. The molecule has 1 saturated heterocycles. The molecule has 7 heteroatoms. The van der Waals surface area contributed by atoms with Crippen LogP contribution >= 0.6 is 11.3 Å². The number of nitrogens with one attached hydrogen (secondary N) is 1. The summed E-state index contributed by atoms with van der Waals surface area (Å²) in [5, 5.41) is 4.83. The van der Waals surface area contributed by atoms with Crippen molar-refractivity contribution in [2.24, 2.45) is 0 Å². The van der Waals surface area contributed by atoms with Crippen LogP contribution in [0.15, 0.2) is 11.4 Å². The molecule has 0 unspecified atom stereocenters. The molecular formula is C16H25N3O3S. The Hall–Kier alpha value is -1.60. The first-order chi connectivity index (χ1) is 11.0. The standard InChI is InChI=1S/C16H25N3O3S/c1-12-6-11-23-14(12)15(20)17-7-8-19(16(21)18(2)3)13-4-9-22-10-5-13/h6,11,13H,4-5,7-10H2,1-3H3,(H,17,20). The number of urea groups is 1. The number of hydrogen-bond acceptors (Lipinski definition) is 4. The van der Waals surface area contributed by atoms with Crippen molar-refractivity contribution in [3.63, 3.8) is 0 Å². The van der Waals surface area contributed by atoms with Crippen molar-refractivity contribution in [3.8, 4) is 0 Å². The predicted molar refractivity (Wildman–Crippen MR) is 91.0 cm³/mol. The number of carbonyl (C=O) groups is 2. The van der Waals surface area contributed by atoms with E-state index in [2.05, 4.69) is 5.32 Å². The molecule has 0 atom stereocenters. The van der Waals surface area contributed by atoms with Gasteiger partial charge in [0, 0.05) is 46.4 Å². The molecule has 0 bridgehead atoms. The number of ether oxygens (including phenoxy) is 1. The maximum Gasteiger partial charge on any atom is 0.319 e. The van der Waals surface area contributed by atoms with Crippen LogP contribution in [0.3, 0.4) is 0 Å². The van der Waals surface area contributed by atoms with E-state index in [4.69, 9.17) is 4.74 Å². The van der Waals surface area contributed by atoms with Crippen LogP contribution in [-0.2, 0) is 4.74 Å². The largest absolute Gasteiger partial charge is 0.381 e. The monoisotopic (exact) mass is 339 g/mol. The van der Waals surface area contributed by atoms with Gasteiger partial charge in [-0.15, -0.1) is 11.3 Å². The Balaban J connectivity index is 1.91. The molecule has 0 radical (unpaired) electrons. The zero-order chi connectivity index (χ0) is 16.8. The molecule has 1 aliphatic rings. The van der Waals surface area contributed by atoms with Crippen molar-refractivity contribution in [3.05, 3.63) is 21.9 Å². The Morgan fingerprint density at radius 3 is 2.61 bits per heavy atom. The number of amides is 3. The Labute approximate surface area is 141 Å². The Morgan fingerprint density at radius 2 is 2.04 bits per heavy atom. The zero-order valence-electron chi connectivity index (χ0n) is 14.0. The van der Waals surface area contributed by atoms with Crippen LogP contribution in [0.4, 0.5) is 4.79 Å². The first-order valence-electron chi connectivity index (χ1n) is 7.88. The molecule has 0 aliphatic carbocycles. The molecule has 23 heavy (non-hydrogen) atoms. The van der Waals surface area contributed by atoms with E-state index in [9.17, 15) is 9.59 Å². The molecule has 2 heterocycles. The third-order valence-corrected chi connectivity index (χ3v) is 4.98. The fourth-order valence-corrected chi connectivity index (χ4v) is 3.51. The van der Waals surface area contributed by atoms with Crippen LogP contribution in [0.1, 0.15) is 28.1 Å². The van der Waals surface area contributed by atoms with Gasteiger partial charge < -0.3 is 19.9 Å². The molecule has 6 nitrogen and oxygen atoms in total. The van der Waals surface area contributed by atoms with E-state index >= 15 is 0 Å². The van der Waals surface area contributed by atoms with Crippen molar-refractivity contribution in [1.82, 2.24) is 15.1 Å². The highest BCUT2D eigenvalue weighted by atomic mass is 32.1. The molecule has 0 spiro atoms. The topological polar surface area (TPSA) is 61.9 Å². The van der Waals surface area contributed by atoms with Gasteiger partial charge in [0.15, 0.2) is 0 Å². The fourth-order valence-electron chi connectivity index (χ4n) is 2.66. The summed E-state index contributed by atoms with van der Waals surface area (Å²) in [5.74, 6) is -0.0678. The molecule has 1 fully saturated rings. The lowest BCUT2D eigenvalue weighted by Crippen LogP contribution is -2.50. The highest BCUT2D eigenvalue weighted by molar-refractivity contribution is 7.12. The number of hydrogen-bond donors (Lipinski definition) is 1. The normalized spacial score (nSPS) is 15.3. The second-order valence-electron chi connectivity index (χ2n) is 5.90. The second-order valence-corrected chi connectivity index (χ2v) is 6.82. The van der Waals surface area contributed by atoms with E-state index in [0.29, 0.717) is 26.3 Å². The first kappa shape index (κ1) is 17.7. The Kier molecular flexibility index (Phi) is 6.41. The highest BCUT2D eigenvalue weighted by Gasteiger charge is 2.26. The van der Waals surface area contributed by atoms with Crippen LogP contribution in [0.5, 0.6) is 0 Å². The molecule has 1 aromatic rings. The van der Waals surface area contributed by atoms with Crippen LogP contribution in [0.25, 0.3) is 0 Å². The van der Waals surface area contributed by atoms with E-state index in [-0.39, 0.29) is 18.0 Å². The maximum absolute atomic E-state index is 12.4. The second kappa shape index (κ2) is 8.31. The number of thiophene rings is 1. The Morgan fingerprint density at radius 1 is 1.35 bits per heavy atom. The van der Waals surface area contributed by atoms with Gasteiger partial charge >= 0.3 is 6.03 Å². The summed E-state index contributed by atoms with van der Waals surface area (Å²) in [6, 6.07) is 2.10. The van der Waals surface area contributed by atoms with E-state index in [1.54, 1.807) is 19.0 Å². The van der Waals surface area contributed by atoms with Crippen molar-refractivity contribution < 1.29 is 14.3 Å². The molecule has 3 amide bonds. The minimum absolute atomic E-state index is 0.0153. The molecule has 0 aromatic carbocycles. The summed E-state index contributed by atoms with van der Waals surface area (Å²) in [7, 11) is 3.50. The lowest BCUT2D eigenvalue weighted by atomic mass is 10.1. The predicted octanol–water partition coefficient (Wildman–Crippen LogP) is 1.95. The number of aryl methyl sites for hydroxylation is 1. The van der Waals surface area contributed by atoms with Gasteiger partial charge in [0.1, 0.15) is 0 Å². The van der Waals surface area contributed by atoms with Crippen molar-refractivity contribution >= 4 is 23.3 Å². The lowest BCUT2D eigenvalue weighted by Gasteiger charge is -2.36. The summed E-state index contributed by atoms with van der Waals surface area (Å²) in [6.07, 6.45) is 1.69. The molecule has 1 aliphatic heterocycles. The summed E-state index contributed by atoms with van der Waals surface area (Å²) < 4.78 is 5.37. The van der Waals surface area contributed by atoms with E-state index in [1.807, 2.05) is 23.3 Å². The van der Waals surface area contributed by atoms with Gasteiger partial charge in [0.25, 0.3) is 5.91 Å². The summed E-state index contributed by atoms with van der Waals surface area (Å²) in [4.78, 5) is 28.7. The van der Waals surface area contributed by atoms with Crippen molar-refractivity contribution in [2.75, 3.05) is 40.4 Å². The molecule has 1 N–H and O–H groups in total. The van der Waals surface area contributed by atoms with E-state index < -0.39 is 0 Å². The molecule has 1 aromatic heterocycles. The minimum Gasteiger partial charge on any atom is -0.381 e. The number of carbonyl (C=O) groups excluding carboxylic acids is 2. The quantitative estimate of drug-likeness (QED) is 0.892.